The number of benzene rings is 1. The molecule has 1 aliphatic rings. The van der Waals surface area contributed by atoms with Crippen LogP contribution in [0.3, 0.4) is 0 Å². The molecule has 1 aromatic rings. The lowest BCUT2D eigenvalue weighted by Gasteiger charge is -2.34. The van der Waals surface area contributed by atoms with Gasteiger partial charge in [0.2, 0.25) is 0 Å². The highest BCUT2D eigenvalue weighted by Crippen LogP contribution is 2.25. The smallest absolute Gasteiger partial charge is 0.0346 e. The number of halogens is 1. The standard InChI is InChI=1S/C13H19BrN2/c1-2-13(16-9-7-15-8-10-16)11-3-5-12(14)6-4-11/h3-6,13,15H,2,7-10H2,1H3/t13-/m0/s1. The highest BCUT2D eigenvalue weighted by Gasteiger charge is 2.19. The van der Waals surface area contributed by atoms with E-state index in [2.05, 4.69) is 57.3 Å². The topological polar surface area (TPSA) is 15.3 Å². The Labute approximate surface area is 106 Å². The van der Waals surface area contributed by atoms with E-state index >= 15 is 0 Å². The van der Waals surface area contributed by atoms with Crippen molar-refractivity contribution in [3.05, 3.63) is 34.3 Å². The van der Waals surface area contributed by atoms with Gasteiger partial charge in [0.05, 0.1) is 0 Å². The molecule has 88 valence electrons. The Morgan fingerprint density at radius 2 is 1.88 bits per heavy atom. The van der Waals surface area contributed by atoms with Gasteiger partial charge in [0, 0.05) is 36.7 Å². The van der Waals surface area contributed by atoms with Gasteiger partial charge in [-0.2, -0.15) is 0 Å². The first kappa shape index (κ1) is 12.1. The van der Waals surface area contributed by atoms with Crippen molar-refractivity contribution in [1.82, 2.24) is 10.2 Å². The molecule has 1 aliphatic heterocycles. The van der Waals surface area contributed by atoms with Gasteiger partial charge in [0.25, 0.3) is 0 Å². The van der Waals surface area contributed by atoms with Gasteiger partial charge >= 0.3 is 0 Å². The van der Waals surface area contributed by atoms with Crippen LogP contribution in [0, 0.1) is 0 Å². The molecule has 0 aromatic heterocycles. The van der Waals surface area contributed by atoms with Crippen molar-refractivity contribution in [1.29, 1.82) is 0 Å². The molecule has 0 radical (unpaired) electrons. The Morgan fingerprint density at radius 1 is 1.25 bits per heavy atom. The molecule has 16 heavy (non-hydrogen) atoms. The van der Waals surface area contributed by atoms with Crippen LogP contribution < -0.4 is 5.32 Å². The summed E-state index contributed by atoms with van der Waals surface area (Å²) in [5.74, 6) is 0. The fourth-order valence-electron chi connectivity index (χ4n) is 2.38. The lowest BCUT2D eigenvalue weighted by Crippen LogP contribution is -2.45. The van der Waals surface area contributed by atoms with Crippen LogP contribution in [0.1, 0.15) is 24.9 Å². The fraction of sp³-hybridized carbons (Fsp3) is 0.538. The van der Waals surface area contributed by atoms with Gasteiger partial charge in [-0.25, -0.2) is 0 Å². The molecule has 2 rings (SSSR count). The molecule has 0 saturated carbocycles. The Kier molecular flexibility index (Phi) is 4.38. The highest BCUT2D eigenvalue weighted by molar-refractivity contribution is 9.10. The van der Waals surface area contributed by atoms with Gasteiger partial charge < -0.3 is 5.32 Å². The molecule has 1 N–H and O–H groups in total. The van der Waals surface area contributed by atoms with Crippen LogP contribution in [-0.2, 0) is 0 Å². The van der Waals surface area contributed by atoms with Crippen molar-refractivity contribution in [2.75, 3.05) is 26.2 Å². The molecule has 1 fully saturated rings. The summed E-state index contributed by atoms with van der Waals surface area (Å²) in [5, 5.41) is 3.41. The molecule has 0 unspecified atom stereocenters. The SMILES string of the molecule is CC[C@@H](c1ccc(Br)cc1)N1CCNCC1. The summed E-state index contributed by atoms with van der Waals surface area (Å²) in [7, 11) is 0. The molecular weight excluding hydrogens is 264 g/mol. The predicted molar refractivity (Wildman–Crippen MR) is 71.6 cm³/mol. The summed E-state index contributed by atoms with van der Waals surface area (Å²) < 4.78 is 1.16. The van der Waals surface area contributed by atoms with E-state index in [9.17, 15) is 0 Å². The Balaban J connectivity index is 2.11. The van der Waals surface area contributed by atoms with Crippen LogP contribution >= 0.6 is 15.9 Å². The summed E-state index contributed by atoms with van der Waals surface area (Å²) in [6.07, 6.45) is 1.18. The van der Waals surface area contributed by atoms with E-state index < -0.39 is 0 Å². The zero-order valence-corrected chi connectivity index (χ0v) is 11.3. The summed E-state index contributed by atoms with van der Waals surface area (Å²) in [4.78, 5) is 2.58. The van der Waals surface area contributed by atoms with Crippen molar-refractivity contribution in [2.45, 2.75) is 19.4 Å². The Hall–Kier alpha value is -0.380. The average molecular weight is 283 g/mol. The van der Waals surface area contributed by atoms with Gasteiger partial charge in [-0.3, -0.25) is 4.90 Å². The monoisotopic (exact) mass is 282 g/mol. The van der Waals surface area contributed by atoms with Crippen molar-refractivity contribution in [2.24, 2.45) is 0 Å². The van der Waals surface area contributed by atoms with E-state index in [0.29, 0.717) is 6.04 Å². The second-order valence-corrected chi connectivity index (χ2v) is 5.18. The lowest BCUT2D eigenvalue weighted by molar-refractivity contribution is 0.169. The van der Waals surface area contributed by atoms with Crippen LogP contribution in [-0.4, -0.2) is 31.1 Å². The van der Waals surface area contributed by atoms with Crippen LogP contribution in [0.4, 0.5) is 0 Å². The van der Waals surface area contributed by atoms with Crippen molar-refractivity contribution < 1.29 is 0 Å². The molecule has 0 bridgehead atoms. The third-order valence-electron chi connectivity index (χ3n) is 3.23. The first-order valence-corrected chi connectivity index (χ1v) is 6.81. The third-order valence-corrected chi connectivity index (χ3v) is 3.76. The lowest BCUT2D eigenvalue weighted by atomic mass is 10.0. The van der Waals surface area contributed by atoms with E-state index in [1.807, 2.05) is 0 Å². The number of hydrogen-bond donors (Lipinski definition) is 1. The minimum absolute atomic E-state index is 0.579. The number of piperazine rings is 1. The third kappa shape index (κ3) is 2.84. The minimum atomic E-state index is 0.579. The van der Waals surface area contributed by atoms with Gasteiger partial charge in [-0.15, -0.1) is 0 Å². The number of nitrogens with one attached hydrogen (secondary N) is 1. The van der Waals surface area contributed by atoms with Crippen LogP contribution in [0.5, 0.6) is 0 Å². The summed E-state index contributed by atoms with van der Waals surface area (Å²) in [6, 6.07) is 9.33. The average Bonchev–Trinajstić information content (AvgIpc) is 2.34. The summed E-state index contributed by atoms with van der Waals surface area (Å²) >= 11 is 3.49. The second kappa shape index (κ2) is 5.80. The van der Waals surface area contributed by atoms with Crippen LogP contribution in [0.25, 0.3) is 0 Å². The molecule has 2 nitrogen and oxygen atoms in total. The molecule has 0 amide bonds. The molecular formula is C13H19BrN2. The molecule has 0 spiro atoms. The summed E-state index contributed by atoms with van der Waals surface area (Å²) in [5.41, 5.74) is 1.44. The molecule has 1 heterocycles. The number of nitrogens with zero attached hydrogens (tertiary/aromatic N) is 1. The normalized spacial score (nSPS) is 19.6. The van der Waals surface area contributed by atoms with Gasteiger partial charge in [-0.1, -0.05) is 35.0 Å². The quantitative estimate of drug-likeness (QED) is 0.917. The van der Waals surface area contributed by atoms with Crippen LogP contribution in [0.15, 0.2) is 28.7 Å². The largest absolute Gasteiger partial charge is 0.314 e. The van der Waals surface area contributed by atoms with Gasteiger partial charge in [0.15, 0.2) is 0 Å². The molecule has 0 aliphatic carbocycles. The Bertz CT molecular complexity index is 317. The zero-order valence-electron chi connectivity index (χ0n) is 9.75. The second-order valence-electron chi connectivity index (χ2n) is 4.26. The maximum Gasteiger partial charge on any atom is 0.0346 e. The predicted octanol–water partition coefficient (Wildman–Crippen LogP) is 2.81. The van der Waals surface area contributed by atoms with E-state index in [1.165, 1.54) is 12.0 Å². The van der Waals surface area contributed by atoms with Crippen molar-refractivity contribution in [3.63, 3.8) is 0 Å². The van der Waals surface area contributed by atoms with E-state index in [4.69, 9.17) is 0 Å². The van der Waals surface area contributed by atoms with E-state index in [-0.39, 0.29) is 0 Å². The fourth-order valence-corrected chi connectivity index (χ4v) is 2.65. The van der Waals surface area contributed by atoms with Gasteiger partial charge in [-0.05, 0) is 24.1 Å². The molecule has 3 heteroatoms. The summed E-state index contributed by atoms with van der Waals surface area (Å²) in [6.45, 7) is 6.83. The van der Waals surface area contributed by atoms with Gasteiger partial charge in [0.1, 0.15) is 0 Å². The van der Waals surface area contributed by atoms with E-state index in [1.54, 1.807) is 0 Å². The molecule has 1 saturated heterocycles. The van der Waals surface area contributed by atoms with E-state index in [0.717, 1.165) is 30.7 Å². The molecule has 1 aromatic carbocycles. The van der Waals surface area contributed by atoms with Crippen LogP contribution in [0.2, 0.25) is 0 Å². The Morgan fingerprint density at radius 3 is 2.44 bits per heavy atom. The maximum absolute atomic E-state index is 3.49. The molecule has 1 atom stereocenters. The van der Waals surface area contributed by atoms with Crippen molar-refractivity contribution in [3.8, 4) is 0 Å². The minimum Gasteiger partial charge on any atom is -0.314 e. The first-order chi connectivity index (χ1) is 7.81. The zero-order chi connectivity index (χ0) is 11.4. The number of rotatable bonds is 3. The maximum atomic E-state index is 3.49. The number of hydrogen-bond acceptors (Lipinski definition) is 2. The first-order valence-electron chi connectivity index (χ1n) is 6.01. The van der Waals surface area contributed by atoms with Crippen molar-refractivity contribution >= 4 is 15.9 Å². The highest BCUT2D eigenvalue weighted by atomic mass is 79.9.